The first-order valence-electron chi connectivity index (χ1n) is 6.43. The van der Waals surface area contributed by atoms with Crippen LogP contribution in [-0.4, -0.2) is 20.3 Å². The van der Waals surface area contributed by atoms with E-state index < -0.39 is 0 Å². The summed E-state index contributed by atoms with van der Waals surface area (Å²) >= 11 is 11.8. The van der Waals surface area contributed by atoms with Crippen molar-refractivity contribution in [1.29, 1.82) is 5.26 Å². The molecule has 4 nitrogen and oxygen atoms in total. The SMILES string of the molecule is COc1ccc(C#N)c(OCCOc2ccc(Cl)cc2Cl)c1. The number of nitrogens with zero attached hydrogens (tertiary/aromatic N) is 1. The van der Waals surface area contributed by atoms with E-state index in [0.29, 0.717) is 32.9 Å². The van der Waals surface area contributed by atoms with E-state index in [4.69, 9.17) is 42.7 Å². The van der Waals surface area contributed by atoms with Crippen LogP contribution < -0.4 is 14.2 Å². The molecule has 0 unspecified atom stereocenters. The maximum absolute atomic E-state index is 9.05. The molecule has 0 N–H and O–H groups in total. The van der Waals surface area contributed by atoms with Gasteiger partial charge in [-0.3, -0.25) is 0 Å². The molecule has 0 aliphatic heterocycles. The lowest BCUT2D eigenvalue weighted by Gasteiger charge is -2.11. The van der Waals surface area contributed by atoms with Crippen LogP contribution in [0.2, 0.25) is 10.0 Å². The minimum atomic E-state index is 0.265. The predicted molar refractivity (Wildman–Crippen MR) is 85.2 cm³/mol. The van der Waals surface area contributed by atoms with E-state index in [1.165, 1.54) is 0 Å². The van der Waals surface area contributed by atoms with Crippen molar-refractivity contribution < 1.29 is 14.2 Å². The molecule has 0 aliphatic rings. The van der Waals surface area contributed by atoms with Gasteiger partial charge in [0.15, 0.2) is 0 Å². The summed E-state index contributed by atoms with van der Waals surface area (Å²) in [5, 5.41) is 10.0. The second-order valence-electron chi connectivity index (χ2n) is 4.25. The highest BCUT2D eigenvalue weighted by Gasteiger charge is 2.06. The number of methoxy groups -OCH3 is 1. The summed E-state index contributed by atoms with van der Waals surface area (Å²) in [6.07, 6.45) is 0. The molecule has 0 fully saturated rings. The molecule has 114 valence electrons. The quantitative estimate of drug-likeness (QED) is 0.736. The molecule has 2 aromatic rings. The smallest absolute Gasteiger partial charge is 0.140 e. The zero-order valence-corrected chi connectivity index (χ0v) is 13.3. The molecular weight excluding hydrogens is 325 g/mol. The topological polar surface area (TPSA) is 51.5 Å². The van der Waals surface area contributed by atoms with E-state index in [2.05, 4.69) is 6.07 Å². The first-order chi connectivity index (χ1) is 10.6. The van der Waals surface area contributed by atoms with Crippen LogP contribution in [0.15, 0.2) is 36.4 Å². The van der Waals surface area contributed by atoms with Crippen molar-refractivity contribution in [3.05, 3.63) is 52.0 Å². The van der Waals surface area contributed by atoms with Crippen molar-refractivity contribution in [1.82, 2.24) is 0 Å². The highest BCUT2D eigenvalue weighted by Crippen LogP contribution is 2.28. The zero-order chi connectivity index (χ0) is 15.9. The Bertz CT molecular complexity index is 698. The third kappa shape index (κ3) is 4.20. The molecule has 0 saturated carbocycles. The van der Waals surface area contributed by atoms with Gasteiger partial charge in [0.25, 0.3) is 0 Å². The standard InChI is InChI=1S/C16H13Cl2NO3/c1-20-13-4-2-11(10-19)16(9-13)22-7-6-21-15-5-3-12(17)8-14(15)18/h2-5,8-9H,6-7H2,1H3. The Labute approximate surface area is 138 Å². The Hall–Kier alpha value is -2.09. The highest BCUT2D eigenvalue weighted by molar-refractivity contribution is 6.35. The number of ether oxygens (including phenoxy) is 3. The van der Waals surface area contributed by atoms with Gasteiger partial charge >= 0.3 is 0 Å². The maximum atomic E-state index is 9.05. The monoisotopic (exact) mass is 337 g/mol. The van der Waals surface area contributed by atoms with Crippen molar-refractivity contribution in [2.45, 2.75) is 0 Å². The van der Waals surface area contributed by atoms with Crippen molar-refractivity contribution in [2.75, 3.05) is 20.3 Å². The molecule has 22 heavy (non-hydrogen) atoms. The largest absolute Gasteiger partial charge is 0.497 e. The second kappa shape index (κ2) is 7.79. The molecule has 6 heteroatoms. The third-order valence-corrected chi connectivity index (χ3v) is 3.33. The third-order valence-electron chi connectivity index (χ3n) is 2.80. The number of halogens is 2. The van der Waals surface area contributed by atoms with Crippen molar-refractivity contribution in [2.24, 2.45) is 0 Å². The molecule has 2 aromatic carbocycles. The summed E-state index contributed by atoms with van der Waals surface area (Å²) in [5.74, 6) is 1.60. The molecule has 0 atom stereocenters. The van der Waals surface area contributed by atoms with E-state index in [9.17, 15) is 0 Å². The van der Waals surface area contributed by atoms with E-state index >= 15 is 0 Å². The second-order valence-corrected chi connectivity index (χ2v) is 5.09. The van der Waals surface area contributed by atoms with Gasteiger partial charge in [0.05, 0.1) is 17.7 Å². The van der Waals surface area contributed by atoms with Crippen LogP contribution in [0.5, 0.6) is 17.2 Å². The van der Waals surface area contributed by atoms with Crippen LogP contribution >= 0.6 is 23.2 Å². The molecule has 0 spiro atoms. The first kappa shape index (κ1) is 16.3. The zero-order valence-electron chi connectivity index (χ0n) is 11.8. The molecule has 0 heterocycles. The lowest BCUT2D eigenvalue weighted by atomic mass is 10.2. The number of nitriles is 1. The molecule has 2 rings (SSSR count). The summed E-state index contributed by atoms with van der Waals surface area (Å²) in [7, 11) is 1.55. The Morgan fingerprint density at radius 1 is 1.00 bits per heavy atom. The fourth-order valence-corrected chi connectivity index (χ4v) is 2.20. The van der Waals surface area contributed by atoms with Crippen LogP contribution in [0.3, 0.4) is 0 Å². The number of rotatable bonds is 6. The van der Waals surface area contributed by atoms with E-state index in [1.807, 2.05) is 0 Å². The van der Waals surface area contributed by atoms with Gasteiger partial charge in [0.1, 0.15) is 36.5 Å². The Morgan fingerprint density at radius 2 is 1.73 bits per heavy atom. The van der Waals surface area contributed by atoms with Gasteiger partial charge in [0.2, 0.25) is 0 Å². The Morgan fingerprint density at radius 3 is 2.36 bits per heavy atom. The fraction of sp³-hybridized carbons (Fsp3) is 0.188. The van der Waals surface area contributed by atoms with Crippen molar-refractivity contribution in [3.8, 4) is 23.3 Å². The van der Waals surface area contributed by atoms with Crippen LogP contribution in [-0.2, 0) is 0 Å². The Balaban J connectivity index is 1.92. The van der Waals surface area contributed by atoms with Crippen molar-refractivity contribution in [3.63, 3.8) is 0 Å². The number of hydrogen-bond acceptors (Lipinski definition) is 4. The number of hydrogen-bond donors (Lipinski definition) is 0. The summed E-state index contributed by atoms with van der Waals surface area (Å²) < 4.78 is 16.2. The van der Waals surface area contributed by atoms with Gasteiger partial charge in [-0.25, -0.2) is 0 Å². The Kier molecular flexibility index (Phi) is 5.76. The van der Waals surface area contributed by atoms with Gasteiger partial charge < -0.3 is 14.2 Å². The lowest BCUT2D eigenvalue weighted by molar-refractivity contribution is 0.216. The lowest BCUT2D eigenvalue weighted by Crippen LogP contribution is -2.10. The molecule has 0 aromatic heterocycles. The molecule has 0 aliphatic carbocycles. The summed E-state index contributed by atoms with van der Waals surface area (Å²) in [6.45, 7) is 0.546. The minimum Gasteiger partial charge on any atom is -0.497 e. The molecule has 0 radical (unpaired) electrons. The van der Waals surface area contributed by atoms with Gasteiger partial charge in [0, 0.05) is 11.1 Å². The average molecular weight is 338 g/mol. The minimum absolute atomic E-state index is 0.265. The van der Waals surface area contributed by atoms with E-state index in [-0.39, 0.29) is 13.2 Å². The maximum Gasteiger partial charge on any atom is 0.140 e. The van der Waals surface area contributed by atoms with Crippen LogP contribution in [0.1, 0.15) is 5.56 Å². The van der Waals surface area contributed by atoms with Crippen molar-refractivity contribution >= 4 is 23.2 Å². The summed E-state index contributed by atoms with van der Waals surface area (Å²) in [6, 6.07) is 12.1. The van der Waals surface area contributed by atoms with E-state index in [0.717, 1.165) is 0 Å². The van der Waals surface area contributed by atoms with Crippen LogP contribution in [0, 0.1) is 11.3 Å². The van der Waals surface area contributed by atoms with Crippen LogP contribution in [0.4, 0.5) is 0 Å². The van der Waals surface area contributed by atoms with Crippen LogP contribution in [0.25, 0.3) is 0 Å². The fourth-order valence-electron chi connectivity index (χ4n) is 1.74. The summed E-state index contributed by atoms with van der Waals surface area (Å²) in [5.41, 5.74) is 0.435. The molecule has 0 bridgehead atoms. The number of benzene rings is 2. The normalized spacial score (nSPS) is 9.91. The first-order valence-corrected chi connectivity index (χ1v) is 7.18. The average Bonchev–Trinajstić information content (AvgIpc) is 2.53. The van der Waals surface area contributed by atoms with Gasteiger partial charge in [-0.05, 0) is 30.3 Å². The van der Waals surface area contributed by atoms with Gasteiger partial charge in [-0.15, -0.1) is 0 Å². The highest BCUT2D eigenvalue weighted by atomic mass is 35.5. The molecule has 0 amide bonds. The van der Waals surface area contributed by atoms with E-state index in [1.54, 1.807) is 43.5 Å². The van der Waals surface area contributed by atoms with Gasteiger partial charge in [-0.1, -0.05) is 23.2 Å². The molecule has 0 saturated heterocycles. The van der Waals surface area contributed by atoms with Gasteiger partial charge in [-0.2, -0.15) is 5.26 Å². The predicted octanol–water partition coefficient (Wildman–Crippen LogP) is 4.33. The molecular formula is C16H13Cl2NO3. The summed E-state index contributed by atoms with van der Waals surface area (Å²) in [4.78, 5) is 0.